The molecule has 1 fully saturated rings. The van der Waals surface area contributed by atoms with Gasteiger partial charge in [0.25, 0.3) is 0 Å². The number of hydrogen-bond donors (Lipinski definition) is 1. The van der Waals surface area contributed by atoms with Crippen molar-refractivity contribution in [1.82, 2.24) is 10.2 Å². The highest BCUT2D eigenvalue weighted by Gasteiger charge is 2.33. The first-order valence-electron chi connectivity index (χ1n) is 8.74. The molecule has 2 amide bonds. The summed E-state index contributed by atoms with van der Waals surface area (Å²) in [6.07, 6.45) is 5.14. The summed E-state index contributed by atoms with van der Waals surface area (Å²) < 4.78 is 5.54. The minimum Gasteiger partial charge on any atom is -0.444 e. The Kier molecular flexibility index (Phi) is 6.23. The minimum absolute atomic E-state index is 0.0403. The highest BCUT2D eigenvalue weighted by molar-refractivity contribution is 5.73. The normalized spacial score (nSPS) is 21.2. The van der Waals surface area contributed by atoms with Gasteiger partial charge in [0.1, 0.15) is 5.60 Å². The van der Waals surface area contributed by atoms with E-state index in [0.717, 1.165) is 12.0 Å². The second-order valence-corrected chi connectivity index (χ2v) is 7.43. The van der Waals surface area contributed by atoms with Crippen molar-refractivity contribution in [2.45, 2.75) is 58.2 Å². The predicted molar refractivity (Wildman–Crippen MR) is 99.0 cm³/mol. The summed E-state index contributed by atoms with van der Waals surface area (Å²) in [5.41, 5.74) is 0.549. The molecule has 2 atom stereocenters. The number of nitrogens with zero attached hydrogens (tertiary/aromatic N) is 1. The van der Waals surface area contributed by atoms with E-state index in [1.807, 2.05) is 63.3 Å². The van der Waals surface area contributed by atoms with Gasteiger partial charge < -0.3 is 15.0 Å². The van der Waals surface area contributed by atoms with Gasteiger partial charge in [-0.1, -0.05) is 42.5 Å². The SMILES string of the molecule is CC(=O)N[C@@H]1CCN(C(=O)OC(C)(C)C)[C@@H](/C=C/c2ccccc2)C1. The Morgan fingerprint density at radius 2 is 1.92 bits per heavy atom. The second kappa shape index (κ2) is 8.19. The van der Waals surface area contributed by atoms with E-state index in [4.69, 9.17) is 4.74 Å². The third kappa shape index (κ3) is 6.25. The molecule has 0 radical (unpaired) electrons. The molecular weight excluding hydrogens is 316 g/mol. The van der Waals surface area contributed by atoms with Crippen LogP contribution in [0.4, 0.5) is 4.79 Å². The van der Waals surface area contributed by atoms with Gasteiger partial charge in [0.2, 0.25) is 5.91 Å². The number of carbonyl (C=O) groups is 2. The lowest BCUT2D eigenvalue weighted by Crippen LogP contribution is -2.52. The number of piperidine rings is 1. The number of rotatable bonds is 3. The first-order valence-corrected chi connectivity index (χ1v) is 8.74. The van der Waals surface area contributed by atoms with Gasteiger partial charge in [-0.05, 0) is 39.2 Å². The molecule has 5 nitrogen and oxygen atoms in total. The van der Waals surface area contributed by atoms with Crippen molar-refractivity contribution in [1.29, 1.82) is 0 Å². The first kappa shape index (κ1) is 19.0. The zero-order valence-electron chi connectivity index (χ0n) is 15.5. The van der Waals surface area contributed by atoms with E-state index < -0.39 is 5.60 Å². The topological polar surface area (TPSA) is 58.6 Å². The molecule has 1 aromatic rings. The molecule has 0 bridgehead atoms. The van der Waals surface area contributed by atoms with E-state index in [2.05, 4.69) is 5.32 Å². The molecular formula is C20H28N2O3. The number of amides is 2. The van der Waals surface area contributed by atoms with Crippen LogP contribution in [-0.4, -0.2) is 41.1 Å². The number of ether oxygens (including phenoxy) is 1. The molecule has 0 aliphatic carbocycles. The molecule has 0 saturated carbocycles. The van der Waals surface area contributed by atoms with Crippen molar-refractivity contribution in [2.24, 2.45) is 0 Å². The van der Waals surface area contributed by atoms with Crippen LogP contribution in [0.25, 0.3) is 6.08 Å². The summed E-state index contributed by atoms with van der Waals surface area (Å²) in [5, 5.41) is 2.97. The Labute approximate surface area is 150 Å². The van der Waals surface area contributed by atoms with Crippen molar-refractivity contribution in [3.05, 3.63) is 42.0 Å². The molecule has 1 N–H and O–H groups in total. The predicted octanol–water partition coefficient (Wildman–Crippen LogP) is 3.60. The molecule has 5 heteroatoms. The lowest BCUT2D eigenvalue weighted by molar-refractivity contribution is -0.120. The van der Waals surface area contributed by atoms with Crippen LogP contribution < -0.4 is 5.32 Å². The Bertz CT molecular complexity index is 620. The summed E-state index contributed by atoms with van der Waals surface area (Å²) in [4.78, 5) is 25.7. The highest BCUT2D eigenvalue weighted by atomic mass is 16.6. The first-order chi connectivity index (χ1) is 11.7. The Balaban J connectivity index is 2.14. The second-order valence-electron chi connectivity index (χ2n) is 7.43. The summed E-state index contributed by atoms with van der Waals surface area (Å²) >= 11 is 0. The molecule has 1 heterocycles. The van der Waals surface area contributed by atoms with Crippen LogP contribution >= 0.6 is 0 Å². The molecule has 2 rings (SSSR count). The van der Waals surface area contributed by atoms with Crippen LogP contribution in [0.1, 0.15) is 46.1 Å². The Morgan fingerprint density at radius 3 is 2.52 bits per heavy atom. The lowest BCUT2D eigenvalue weighted by Gasteiger charge is -2.38. The van der Waals surface area contributed by atoms with Crippen molar-refractivity contribution >= 4 is 18.1 Å². The monoisotopic (exact) mass is 344 g/mol. The van der Waals surface area contributed by atoms with Gasteiger partial charge in [0, 0.05) is 19.5 Å². The van der Waals surface area contributed by atoms with Crippen LogP contribution in [0.5, 0.6) is 0 Å². The largest absolute Gasteiger partial charge is 0.444 e. The number of hydrogen-bond acceptors (Lipinski definition) is 3. The van der Waals surface area contributed by atoms with Crippen LogP contribution in [0.15, 0.2) is 36.4 Å². The smallest absolute Gasteiger partial charge is 0.410 e. The van der Waals surface area contributed by atoms with Crippen LogP contribution in [0, 0.1) is 0 Å². The highest BCUT2D eigenvalue weighted by Crippen LogP contribution is 2.22. The fraction of sp³-hybridized carbons (Fsp3) is 0.500. The standard InChI is InChI=1S/C20H28N2O3/c1-15(23)21-17-12-13-22(19(24)25-20(2,3)4)18(14-17)11-10-16-8-6-5-7-9-16/h5-11,17-18H,12-14H2,1-4H3,(H,21,23)/b11-10+/t17-,18+/m1/s1. The van der Waals surface area contributed by atoms with Crippen molar-refractivity contribution in [3.63, 3.8) is 0 Å². The average Bonchev–Trinajstić information content (AvgIpc) is 2.51. The van der Waals surface area contributed by atoms with Gasteiger partial charge in [-0.2, -0.15) is 0 Å². The summed E-state index contributed by atoms with van der Waals surface area (Å²) in [6, 6.07) is 9.92. The maximum Gasteiger partial charge on any atom is 0.410 e. The van der Waals surface area contributed by atoms with Gasteiger partial charge in [0.15, 0.2) is 0 Å². The molecule has 25 heavy (non-hydrogen) atoms. The van der Waals surface area contributed by atoms with Crippen LogP contribution in [-0.2, 0) is 9.53 Å². The minimum atomic E-state index is -0.529. The van der Waals surface area contributed by atoms with Gasteiger partial charge >= 0.3 is 6.09 Å². The number of likely N-dealkylation sites (tertiary alicyclic amines) is 1. The molecule has 1 saturated heterocycles. The average molecular weight is 344 g/mol. The molecule has 0 aromatic heterocycles. The maximum atomic E-state index is 12.5. The van der Waals surface area contributed by atoms with Crippen molar-refractivity contribution in [3.8, 4) is 0 Å². The Hall–Kier alpha value is -2.30. The van der Waals surface area contributed by atoms with Crippen molar-refractivity contribution in [2.75, 3.05) is 6.54 Å². The van der Waals surface area contributed by atoms with E-state index in [1.54, 1.807) is 4.90 Å². The maximum absolute atomic E-state index is 12.5. The van der Waals surface area contributed by atoms with Crippen molar-refractivity contribution < 1.29 is 14.3 Å². The van der Waals surface area contributed by atoms with Crippen LogP contribution in [0.3, 0.4) is 0 Å². The Morgan fingerprint density at radius 1 is 1.24 bits per heavy atom. The fourth-order valence-corrected chi connectivity index (χ4v) is 2.93. The summed E-state index contributed by atoms with van der Waals surface area (Å²) in [6.45, 7) is 7.68. The molecule has 0 unspecified atom stereocenters. The number of nitrogens with one attached hydrogen (secondary N) is 1. The zero-order chi connectivity index (χ0) is 18.4. The number of carbonyl (C=O) groups excluding carboxylic acids is 2. The van der Waals surface area contributed by atoms with Gasteiger partial charge in [-0.15, -0.1) is 0 Å². The zero-order valence-corrected chi connectivity index (χ0v) is 15.5. The summed E-state index contributed by atoms with van der Waals surface area (Å²) in [7, 11) is 0. The van der Waals surface area contributed by atoms with Crippen LogP contribution in [0.2, 0.25) is 0 Å². The third-order valence-electron chi connectivity index (χ3n) is 3.99. The quantitative estimate of drug-likeness (QED) is 0.911. The number of benzene rings is 1. The van der Waals surface area contributed by atoms with E-state index in [0.29, 0.717) is 13.0 Å². The molecule has 0 spiro atoms. The van der Waals surface area contributed by atoms with Gasteiger partial charge in [0.05, 0.1) is 6.04 Å². The van der Waals surface area contributed by atoms with Gasteiger partial charge in [-0.25, -0.2) is 4.79 Å². The molecule has 1 aliphatic heterocycles. The van der Waals surface area contributed by atoms with Gasteiger partial charge in [-0.3, -0.25) is 4.79 Å². The fourth-order valence-electron chi connectivity index (χ4n) is 2.93. The third-order valence-corrected chi connectivity index (χ3v) is 3.99. The lowest BCUT2D eigenvalue weighted by atomic mass is 9.96. The molecule has 1 aromatic carbocycles. The van der Waals surface area contributed by atoms with E-state index in [1.165, 1.54) is 6.92 Å². The molecule has 136 valence electrons. The van der Waals surface area contributed by atoms with E-state index in [-0.39, 0.29) is 24.1 Å². The summed E-state index contributed by atoms with van der Waals surface area (Å²) in [5.74, 6) is -0.0403. The molecule has 1 aliphatic rings. The van der Waals surface area contributed by atoms with E-state index >= 15 is 0 Å². The van der Waals surface area contributed by atoms with E-state index in [9.17, 15) is 9.59 Å².